The number of hydrogen-bond donors (Lipinski definition) is 4. The summed E-state index contributed by atoms with van der Waals surface area (Å²) >= 11 is 0. The van der Waals surface area contributed by atoms with E-state index in [2.05, 4.69) is 20.4 Å². The quantitative estimate of drug-likeness (QED) is 0.210. The van der Waals surface area contributed by atoms with Crippen molar-refractivity contribution in [2.24, 2.45) is 11.5 Å². The molecular weight excluding hydrogens is 460 g/mol. The van der Waals surface area contributed by atoms with Crippen LogP contribution in [0.3, 0.4) is 0 Å². The fourth-order valence-electron chi connectivity index (χ4n) is 3.96. The molecule has 0 spiro atoms. The molecule has 1 fully saturated rings. The maximum atomic E-state index is 6.05. The maximum Gasteiger partial charge on any atom is 0.0701 e. The van der Waals surface area contributed by atoms with Gasteiger partial charge in [-0.05, 0) is 90.9 Å². The minimum absolute atomic E-state index is 0.617. The van der Waals surface area contributed by atoms with Crippen molar-refractivity contribution in [2.45, 2.75) is 38.5 Å². The van der Waals surface area contributed by atoms with Crippen molar-refractivity contribution in [1.82, 2.24) is 20.4 Å². The van der Waals surface area contributed by atoms with E-state index in [9.17, 15) is 0 Å². The topological polar surface area (TPSA) is 120 Å². The third-order valence-electron chi connectivity index (χ3n) is 6.22. The van der Waals surface area contributed by atoms with Gasteiger partial charge in [-0.15, -0.1) is 0 Å². The minimum atomic E-state index is 0.617. The highest BCUT2D eigenvalue weighted by molar-refractivity contribution is 4.62. The molecule has 0 aromatic heterocycles. The third kappa shape index (κ3) is 22.8. The lowest BCUT2D eigenvalue weighted by Crippen LogP contribution is -2.35. The summed E-state index contributed by atoms with van der Waals surface area (Å²) in [4.78, 5) is 4.93. The van der Waals surface area contributed by atoms with Crippen LogP contribution in [0.1, 0.15) is 38.5 Å². The molecular formula is C26H58N6O4. The van der Waals surface area contributed by atoms with Gasteiger partial charge in [0.25, 0.3) is 0 Å². The monoisotopic (exact) mass is 518 g/mol. The van der Waals surface area contributed by atoms with E-state index in [-0.39, 0.29) is 0 Å². The van der Waals surface area contributed by atoms with E-state index >= 15 is 0 Å². The first-order valence-electron chi connectivity index (χ1n) is 14.4. The summed E-state index contributed by atoms with van der Waals surface area (Å²) in [7, 11) is 0. The van der Waals surface area contributed by atoms with Crippen LogP contribution in [0.15, 0.2) is 0 Å². The largest absolute Gasteiger partial charge is 0.379 e. The number of unbranched alkanes of at least 4 members (excludes halogenated alkanes) is 2. The summed E-state index contributed by atoms with van der Waals surface area (Å²) in [6, 6.07) is 0. The predicted molar refractivity (Wildman–Crippen MR) is 148 cm³/mol. The molecule has 1 saturated heterocycles. The second-order valence-electron chi connectivity index (χ2n) is 9.33. The Morgan fingerprint density at radius 3 is 1.17 bits per heavy atom. The van der Waals surface area contributed by atoms with Crippen molar-refractivity contribution in [3.63, 3.8) is 0 Å². The van der Waals surface area contributed by atoms with E-state index in [1.54, 1.807) is 0 Å². The second kappa shape index (κ2) is 27.6. The van der Waals surface area contributed by atoms with Gasteiger partial charge >= 0.3 is 0 Å². The first-order valence-corrected chi connectivity index (χ1v) is 14.4. The Kier molecular flexibility index (Phi) is 25.8. The Morgan fingerprint density at radius 2 is 0.778 bits per heavy atom. The number of nitrogens with two attached hydrogens (primary N) is 2. The van der Waals surface area contributed by atoms with Gasteiger partial charge in [-0.3, -0.25) is 9.80 Å². The molecule has 0 aromatic carbocycles. The van der Waals surface area contributed by atoms with Crippen LogP contribution in [0, 0.1) is 0 Å². The van der Waals surface area contributed by atoms with Gasteiger partial charge in [0, 0.05) is 26.2 Å². The summed E-state index contributed by atoms with van der Waals surface area (Å²) in [5.74, 6) is 0. The molecule has 0 aliphatic carbocycles. The molecule has 0 saturated carbocycles. The highest BCUT2D eigenvalue weighted by atomic mass is 16.5. The zero-order chi connectivity index (χ0) is 25.8. The Balaban J connectivity index is 2.33. The molecule has 0 amide bonds. The third-order valence-corrected chi connectivity index (χ3v) is 6.22. The molecule has 0 unspecified atom stereocenters. The highest BCUT2D eigenvalue weighted by Crippen LogP contribution is 1.99. The molecule has 10 heteroatoms. The van der Waals surface area contributed by atoms with E-state index < -0.39 is 0 Å². The average molecular weight is 519 g/mol. The van der Waals surface area contributed by atoms with E-state index in [0.29, 0.717) is 26.4 Å². The molecule has 6 N–H and O–H groups in total. The maximum absolute atomic E-state index is 6.05. The molecule has 0 bridgehead atoms. The first-order chi connectivity index (χ1) is 17.9. The van der Waals surface area contributed by atoms with Crippen molar-refractivity contribution in [2.75, 3.05) is 131 Å². The lowest BCUT2D eigenvalue weighted by atomic mass is 10.2. The molecule has 0 atom stereocenters. The van der Waals surface area contributed by atoms with Crippen LogP contribution < -0.4 is 22.1 Å². The smallest absolute Gasteiger partial charge is 0.0701 e. The summed E-state index contributed by atoms with van der Waals surface area (Å²) < 4.78 is 23.3. The highest BCUT2D eigenvalue weighted by Gasteiger charge is 2.08. The predicted octanol–water partition coefficient (Wildman–Crippen LogP) is 0.108. The van der Waals surface area contributed by atoms with Gasteiger partial charge in [-0.25, -0.2) is 0 Å². The van der Waals surface area contributed by atoms with E-state index in [0.717, 1.165) is 118 Å². The number of nitrogens with zero attached hydrogens (tertiary/aromatic N) is 2. The van der Waals surface area contributed by atoms with Crippen molar-refractivity contribution in [3.05, 3.63) is 0 Å². The van der Waals surface area contributed by atoms with E-state index in [4.69, 9.17) is 30.4 Å². The molecule has 0 radical (unpaired) electrons. The zero-order valence-electron chi connectivity index (χ0n) is 23.1. The second-order valence-corrected chi connectivity index (χ2v) is 9.33. The van der Waals surface area contributed by atoms with Crippen LogP contribution in [-0.2, 0) is 18.9 Å². The van der Waals surface area contributed by atoms with Gasteiger partial charge in [0.05, 0.1) is 52.9 Å². The standard InChI is InChI=1S/C26H58N6O4/c27-7-5-11-29-9-1-3-13-31-15-19-33-20-16-32(14-4-2-10-30-12-6-8-28)18-22-35-24-26-36-25-23-34-21-17-31/h29-30H,1-28H2. The number of rotatable bonds is 16. The van der Waals surface area contributed by atoms with Gasteiger partial charge in [0.1, 0.15) is 0 Å². The lowest BCUT2D eigenvalue weighted by molar-refractivity contribution is 0.000763. The SMILES string of the molecule is NCCCNCCCCN1CCOCCOCCOCCN(CCCCNCCCN)CCOCC1. The number of nitrogens with one attached hydrogen (secondary N) is 2. The minimum Gasteiger partial charge on any atom is -0.379 e. The van der Waals surface area contributed by atoms with Crippen LogP contribution >= 0.6 is 0 Å². The van der Waals surface area contributed by atoms with Gasteiger partial charge < -0.3 is 41.0 Å². The lowest BCUT2D eigenvalue weighted by Gasteiger charge is -2.24. The Hall–Kier alpha value is -0.400. The van der Waals surface area contributed by atoms with Crippen LogP contribution in [0.5, 0.6) is 0 Å². The normalized spacial score (nSPS) is 19.2. The van der Waals surface area contributed by atoms with Gasteiger partial charge in [-0.1, -0.05) is 0 Å². The van der Waals surface area contributed by atoms with Crippen molar-refractivity contribution >= 4 is 0 Å². The van der Waals surface area contributed by atoms with Crippen molar-refractivity contribution < 1.29 is 18.9 Å². The molecule has 36 heavy (non-hydrogen) atoms. The molecule has 0 aromatic rings. The first kappa shape index (κ1) is 33.6. The molecule has 216 valence electrons. The fraction of sp³-hybridized carbons (Fsp3) is 1.00. The van der Waals surface area contributed by atoms with Crippen LogP contribution in [0.25, 0.3) is 0 Å². The van der Waals surface area contributed by atoms with Gasteiger partial charge in [-0.2, -0.15) is 0 Å². The van der Waals surface area contributed by atoms with Crippen LogP contribution in [0.4, 0.5) is 0 Å². The zero-order valence-corrected chi connectivity index (χ0v) is 23.1. The Bertz CT molecular complexity index is 399. The Morgan fingerprint density at radius 1 is 0.444 bits per heavy atom. The number of ether oxygens (including phenoxy) is 4. The molecule has 1 heterocycles. The summed E-state index contributed by atoms with van der Waals surface area (Å²) in [6.45, 7) is 17.0. The van der Waals surface area contributed by atoms with Crippen LogP contribution in [0.2, 0.25) is 0 Å². The average Bonchev–Trinajstić information content (AvgIpc) is 2.88. The summed E-state index contributed by atoms with van der Waals surface area (Å²) in [5, 5.41) is 6.93. The molecule has 1 rings (SSSR count). The van der Waals surface area contributed by atoms with Gasteiger partial charge in [0.15, 0.2) is 0 Å². The van der Waals surface area contributed by atoms with Crippen LogP contribution in [-0.4, -0.2) is 141 Å². The molecule has 1 aliphatic rings. The molecule has 1 aliphatic heterocycles. The van der Waals surface area contributed by atoms with E-state index in [1.807, 2.05) is 0 Å². The summed E-state index contributed by atoms with van der Waals surface area (Å²) in [5.41, 5.74) is 11.1. The van der Waals surface area contributed by atoms with Crippen molar-refractivity contribution in [3.8, 4) is 0 Å². The fourth-order valence-corrected chi connectivity index (χ4v) is 3.96. The number of hydrogen-bond acceptors (Lipinski definition) is 10. The van der Waals surface area contributed by atoms with Crippen molar-refractivity contribution in [1.29, 1.82) is 0 Å². The van der Waals surface area contributed by atoms with E-state index in [1.165, 1.54) is 25.7 Å². The summed E-state index contributed by atoms with van der Waals surface area (Å²) in [6.07, 6.45) is 6.79. The van der Waals surface area contributed by atoms with Gasteiger partial charge in [0.2, 0.25) is 0 Å². The Labute approximate surface area is 221 Å². The molecule has 10 nitrogen and oxygen atoms in total.